The second kappa shape index (κ2) is 8.54. The van der Waals surface area contributed by atoms with E-state index in [0.29, 0.717) is 11.7 Å². The summed E-state index contributed by atoms with van der Waals surface area (Å²) in [7, 11) is 1.54. The number of amides is 1. The van der Waals surface area contributed by atoms with Crippen molar-refractivity contribution in [2.24, 2.45) is 5.73 Å². The summed E-state index contributed by atoms with van der Waals surface area (Å²) >= 11 is 3.00. The van der Waals surface area contributed by atoms with Gasteiger partial charge in [-0.15, -0.1) is 35.1 Å². The molecule has 2 heterocycles. The van der Waals surface area contributed by atoms with E-state index in [2.05, 4.69) is 15.3 Å². The van der Waals surface area contributed by atoms with Gasteiger partial charge in [0.25, 0.3) is 0 Å². The molecule has 1 amide bonds. The van der Waals surface area contributed by atoms with Crippen molar-refractivity contribution in [1.29, 1.82) is 0 Å². The highest BCUT2D eigenvalue weighted by molar-refractivity contribution is 7.16. The van der Waals surface area contributed by atoms with Crippen LogP contribution in [-0.2, 0) is 9.53 Å². The second-order valence-corrected chi connectivity index (χ2v) is 6.59. The van der Waals surface area contributed by atoms with Gasteiger partial charge in [0.15, 0.2) is 5.13 Å². The first-order valence-corrected chi connectivity index (χ1v) is 8.15. The van der Waals surface area contributed by atoms with Crippen molar-refractivity contribution in [2.75, 3.05) is 19.0 Å². The number of ether oxygens (including phenoxy) is 1. The van der Waals surface area contributed by atoms with E-state index in [1.54, 1.807) is 18.4 Å². The number of carbonyl (C=O) groups excluding carboxylic acids is 1. The SMILES string of the molecule is COC(CN)CC(=O)Nc1nc(-c2sc(C)nc2C)cs1.Cl. The summed E-state index contributed by atoms with van der Waals surface area (Å²) in [5.41, 5.74) is 7.31. The first kappa shape index (κ1) is 19.0. The maximum atomic E-state index is 11.9. The maximum absolute atomic E-state index is 11.9. The van der Waals surface area contributed by atoms with Gasteiger partial charge in [-0.25, -0.2) is 9.97 Å². The largest absolute Gasteiger partial charge is 0.380 e. The Kier molecular flexibility index (Phi) is 7.37. The molecule has 0 saturated carbocycles. The molecule has 2 aromatic rings. The summed E-state index contributed by atoms with van der Waals surface area (Å²) in [6.45, 7) is 4.24. The highest BCUT2D eigenvalue weighted by Crippen LogP contribution is 2.32. The first-order chi connectivity index (χ1) is 10.0. The first-order valence-electron chi connectivity index (χ1n) is 6.46. The van der Waals surface area contributed by atoms with Crippen LogP contribution in [0.2, 0.25) is 0 Å². The molecule has 0 radical (unpaired) electrons. The molecule has 3 N–H and O–H groups in total. The monoisotopic (exact) mass is 362 g/mol. The van der Waals surface area contributed by atoms with Gasteiger partial charge in [0.1, 0.15) is 0 Å². The molecule has 22 heavy (non-hydrogen) atoms. The number of rotatable bonds is 6. The average molecular weight is 363 g/mol. The third-order valence-corrected chi connectivity index (χ3v) is 4.75. The van der Waals surface area contributed by atoms with Crippen LogP contribution in [0.15, 0.2) is 5.38 Å². The molecule has 0 bridgehead atoms. The number of aryl methyl sites for hydroxylation is 2. The lowest BCUT2D eigenvalue weighted by Crippen LogP contribution is -2.28. The van der Waals surface area contributed by atoms with Crippen LogP contribution in [0.4, 0.5) is 5.13 Å². The number of halogens is 1. The van der Waals surface area contributed by atoms with Crippen molar-refractivity contribution in [3.05, 3.63) is 16.1 Å². The number of anilines is 1. The molecule has 0 saturated heterocycles. The van der Waals surface area contributed by atoms with Crippen LogP contribution >= 0.6 is 35.1 Å². The summed E-state index contributed by atoms with van der Waals surface area (Å²) in [6.07, 6.45) is -0.0449. The van der Waals surface area contributed by atoms with Gasteiger partial charge in [-0.2, -0.15) is 0 Å². The fourth-order valence-electron chi connectivity index (χ4n) is 1.84. The number of methoxy groups -OCH3 is 1. The number of nitrogens with zero attached hydrogens (tertiary/aromatic N) is 2. The van der Waals surface area contributed by atoms with Crippen LogP contribution in [-0.4, -0.2) is 35.6 Å². The van der Waals surface area contributed by atoms with Gasteiger partial charge in [0, 0.05) is 19.0 Å². The molecule has 1 atom stereocenters. The Morgan fingerprint density at radius 3 is 2.73 bits per heavy atom. The van der Waals surface area contributed by atoms with E-state index in [-0.39, 0.29) is 30.8 Å². The zero-order chi connectivity index (χ0) is 15.4. The number of hydrogen-bond donors (Lipinski definition) is 2. The van der Waals surface area contributed by atoms with E-state index >= 15 is 0 Å². The zero-order valence-corrected chi connectivity index (χ0v) is 15.0. The van der Waals surface area contributed by atoms with Crippen molar-refractivity contribution in [3.8, 4) is 10.6 Å². The fourth-order valence-corrected chi connectivity index (χ4v) is 3.52. The van der Waals surface area contributed by atoms with Gasteiger partial charge >= 0.3 is 0 Å². The quantitative estimate of drug-likeness (QED) is 0.824. The van der Waals surface area contributed by atoms with Crippen molar-refractivity contribution >= 4 is 46.1 Å². The highest BCUT2D eigenvalue weighted by Gasteiger charge is 2.15. The van der Waals surface area contributed by atoms with E-state index in [0.717, 1.165) is 21.3 Å². The molecule has 0 aliphatic carbocycles. The van der Waals surface area contributed by atoms with Crippen LogP contribution in [0.1, 0.15) is 17.1 Å². The molecule has 0 spiro atoms. The molecular formula is C13H19ClN4O2S2. The smallest absolute Gasteiger partial charge is 0.228 e. The third-order valence-electron chi connectivity index (χ3n) is 2.90. The van der Waals surface area contributed by atoms with Gasteiger partial charge in [0.05, 0.1) is 33.8 Å². The van der Waals surface area contributed by atoms with E-state index < -0.39 is 0 Å². The van der Waals surface area contributed by atoms with Gasteiger partial charge < -0.3 is 15.8 Å². The third kappa shape index (κ3) is 4.72. The minimum Gasteiger partial charge on any atom is -0.380 e. The second-order valence-electron chi connectivity index (χ2n) is 4.53. The van der Waals surface area contributed by atoms with Crippen LogP contribution in [0.3, 0.4) is 0 Å². The molecule has 122 valence electrons. The molecule has 0 aliphatic heterocycles. The standard InChI is InChI=1S/C13H18N4O2S2.ClH/c1-7-12(21-8(2)15-7)10-6-20-13(16-10)17-11(18)4-9(5-14)19-3;/h6,9H,4-5,14H2,1-3H3,(H,16,17,18);1H. The van der Waals surface area contributed by atoms with Gasteiger partial charge in [0.2, 0.25) is 5.91 Å². The van der Waals surface area contributed by atoms with E-state index in [1.165, 1.54) is 11.3 Å². The van der Waals surface area contributed by atoms with Crippen LogP contribution < -0.4 is 11.1 Å². The average Bonchev–Trinajstić information content (AvgIpc) is 3.02. The summed E-state index contributed by atoms with van der Waals surface area (Å²) < 4.78 is 5.09. The van der Waals surface area contributed by atoms with Crippen molar-refractivity contribution in [3.63, 3.8) is 0 Å². The van der Waals surface area contributed by atoms with E-state index in [4.69, 9.17) is 10.5 Å². The van der Waals surface area contributed by atoms with Crippen LogP contribution in [0.25, 0.3) is 10.6 Å². The number of hydrogen-bond acceptors (Lipinski definition) is 7. The van der Waals surface area contributed by atoms with Crippen LogP contribution in [0.5, 0.6) is 0 Å². The Bertz CT molecular complexity index is 625. The van der Waals surface area contributed by atoms with Gasteiger partial charge in [-0.05, 0) is 13.8 Å². The molecule has 1 unspecified atom stereocenters. The summed E-state index contributed by atoms with van der Waals surface area (Å²) in [4.78, 5) is 21.7. The van der Waals surface area contributed by atoms with Crippen molar-refractivity contribution < 1.29 is 9.53 Å². The van der Waals surface area contributed by atoms with Crippen LogP contribution in [0, 0.1) is 13.8 Å². The molecule has 2 aromatic heterocycles. The minimum absolute atomic E-state index is 0. The molecule has 9 heteroatoms. The predicted molar refractivity (Wildman–Crippen MR) is 93.0 cm³/mol. The number of carbonyl (C=O) groups is 1. The topological polar surface area (TPSA) is 90.1 Å². The predicted octanol–water partition coefficient (Wildman–Crippen LogP) is 2.61. The number of thiazole rings is 2. The maximum Gasteiger partial charge on any atom is 0.228 e. The molecule has 0 aromatic carbocycles. The lowest BCUT2D eigenvalue weighted by atomic mass is 10.2. The minimum atomic E-state index is -0.268. The Hall–Kier alpha value is -1.06. The Morgan fingerprint density at radius 2 is 2.18 bits per heavy atom. The summed E-state index contributed by atoms with van der Waals surface area (Å²) in [5.74, 6) is -0.148. The normalized spacial score (nSPS) is 11.8. The molecular weight excluding hydrogens is 344 g/mol. The Labute approximate surface area is 143 Å². The highest BCUT2D eigenvalue weighted by atomic mass is 35.5. The Morgan fingerprint density at radius 1 is 1.45 bits per heavy atom. The fraction of sp³-hybridized carbons (Fsp3) is 0.462. The number of nitrogens with two attached hydrogens (primary N) is 1. The summed E-state index contributed by atoms with van der Waals surface area (Å²) in [5, 5.41) is 6.28. The van der Waals surface area contributed by atoms with Crippen molar-refractivity contribution in [2.45, 2.75) is 26.4 Å². The lowest BCUT2D eigenvalue weighted by Gasteiger charge is -2.11. The van der Waals surface area contributed by atoms with Gasteiger partial charge in [-0.3, -0.25) is 4.79 Å². The summed E-state index contributed by atoms with van der Waals surface area (Å²) in [6, 6.07) is 0. The number of aromatic nitrogens is 2. The number of nitrogens with one attached hydrogen (secondary N) is 1. The molecule has 0 aliphatic rings. The van der Waals surface area contributed by atoms with Gasteiger partial charge in [-0.1, -0.05) is 0 Å². The van der Waals surface area contributed by atoms with E-state index in [1.807, 2.05) is 19.2 Å². The molecule has 6 nitrogen and oxygen atoms in total. The molecule has 0 fully saturated rings. The molecule has 2 rings (SSSR count). The lowest BCUT2D eigenvalue weighted by molar-refractivity contribution is -0.118. The van der Waals surface area contributed by atoms with E-state index in [9.17, 15) is 4.79 Å². The van der Waals surface area contributed by atoms with Crippen molar-refractivity contribution in [1.82, 2.24) is 9.97 Å². The zero-order valence-electron chi connectivity index (χ0n) is 12.6. The Balaban J connectivity index is 0.00000242.